The Morgan fingerprint density at radius 2 is 1.76 bits per heavy atom. The molecule has 2 aromatic carbocycles. The SMILES string of the molecule is CC(=O)OC[C@@H](Cc1cccc2ccccc12)NC(=O)OC(C)(C)C. The van der Waals surface area contributed by atoms with Gasteiger partial charge in [-0.05, 0) is 43.5 Å². The average Bonchev–Trinajstić information content (AvgIpc) is 2.51. The van der Waals surface area contributed by atoms with E-state index in [-0.39, 0.29) is 18.6 Å². The van der Waals surface area contributed by atoms with Crippen molar-refractivity contribution in [3.63, 3.8) is 0 Å². The first-order valence-electron chi connectivity index (χ1n) is 8.34. The van der Waals surface area contributed by atoms with Crippen LogP contribution in [0.15, 0.2) is 42.5 Å². The molecule has 0 aliphatic carbocycles. The van der Waals surface area contributed by atoms with Crippen molar-refractivity contribution in [3.05, 3.63) is 48.0 Å². The van der Waals surface area contributed by atoms with Crippen LogP contribution in [0, 0.1) is 0 Å². The predicted molar refractivity (Wildman–Crippen MR) is 97.4 cm³/mol. The van der Waals surface area contributed by atoms with E-state index in [1.165, 1.54) is 6.92 Å². The molecule has 0 saturated heterocycles. The van der Waals surface area contributed by atoms with Gasteiger partial charge in [-0.15, -0.1) is 0 Å². The zero-order chi connectivity index (χ0) is 18.4. The lowest BCUT2D eigenvalue weighted by Gasteiger charge is -2.24. The maximum Gasteiger partial charge on any atom is 0.408 e. The summed E-state index contributed by atoms with van der Waals surface area (Å²) in [5.74, 6) is -0.381. The van der Waals surface area contributed by atoms with Gasteiger partial charge >= 0.3 is 12.1 Å². The maximum absolute atomic E-state index is 12.1. The van der Waals surface area contributed by atoms with E-state index in [9.17, 15) is 9.59 Å². The van der Waals surface area contributed by atoms with E-state index in [0.717, 1.165) is 16.3 Å². The fourth-order valence-electron chi connectivity index (χ4n) is 2.58. The van der Waals surface area contributed by atoms with Gasteiger partial charge in [-0.1, -0.05) is 42.5 Å². The summed E-state index contributed by atoms with van der Waals surface area (Å²) in [7, 11) is 0. The normalized spacial score (nSPS) is 12.5. The number of alkyl carbamates (subject to hydrolysis) is 1. The molecule has 0 aliphatic rings. The number of carbonyl (C=O) groups is 2. The average molecular weight is 343 g/mol. The molecule has 1 atom stereocenters. The molecular formula is C20H25NO4. The Balaban J connectivity index is 2.17. The first-order chi connectivity index (χ1) is 11.7. The molecule has 2 rings (SSSR count). The molecule has 0 aromatic heterocycles. The molecule has 1 amide bonds. The number of rotatable bonds is 5. The monoisotopic (exact) mass is 343 g/mol. The van der Waals surface area contributed by atoms with Gasteiger partial charge in [0.25, 0.3) is 0 Å². The van der Waals surface area contributed by atoms with Crippen LogP contribution >= 0.6 is 0 Å². The number of esters is 1. The summed E-state index contributed by atoms with van der Waals surface area (Å²) >= 11 is 0. The second-order valence-electron chi connectivity index (χ2n) is 6.99. The highest BCUT2D eigenvalue weighted by molar-refractivity contribution is 5.85. The molecule has 0 unspecified atom stereocenters. The van der Waals surface area contributed by atoms with Crippen molar-refractivity contribution < 1.29 is 19.1 Å². The molecule has 25 heavy (non-hydrogen) atoms. The maximum atomic E-state index is 12.1. The fraction of sp³-hybridized carbons (Fsp3) is 0.400. The largest absolute Gasteiger partial charge is 0.464 e. The van der Waals surface area contributed by atoms with Crippen molar-refractivity contribution in [2.24, 2.45) is 0 Å². The van der Waals surface area contributed by atoms with Gasteiger partial charge in [-0.2, -0.15) is 0 Å². The van der Waals surface area contributed by atoms with Gasteiger partial charge in [-0.3, -0.25) is 4.79 Å². The van der Waals surface area contributed by atoms with Crippen LogP contribution in [0.2, 0.25) is 0 Å². The topological polar surface area (TPSA) is 64.6 Å². The van der Waals surface area contributed by atoms with Crippen LogP contribution in [0.25, 0.3) is 10.8 Å². The van der Waals surface area contributed by atoms with Crippen LogP contribution in [0.1, 0.15) is 33.3 Å². The molecule has 5 heteroatoms. The van der Waals surface area contributed by atoms with E-state index >= 15 is 0 Å². The highest BCUT2D eigenvalue weighted by Crippen LogP contribution is 2.20. The zero-order valence-corrected chi connectivity index (χ0v) is 15.2. The minimum Gasteiger partial charge on any atom is -0.464 e. The minimum absolute atomic E-state index is 0.0950. The third kappa shape index (κ3) is 6.10. The van der Waals surface area contributed by atoms with Gasteiger partial charge in [0.15, 0.2) is 0 Å². The van der Waals surface area contributed by atoms with E-state index in [0.29, 0.717) is 6.42 Å². The predicted octanol–water partition coefficient (Wildman–Crippen LogP) is 3.84. The second-order valence-corrected chi connectivity index (χ2v) is 6.99. The van der Waals surface area contributed by atoms with E-state index in [2.05, 4.69) is 5.32 Å². The highest BCUT2D eigenvalue weighted by Gasteiger charge is 2.21. The van der Waals surface area contributed by atoms with E-state index in [4.69, 9.17) is 9.47 Å². The van der Waals surface area contributed by atoms with Gasteiger partial charge in [0.2, 0.25) is 0 Å². The molecule has 0 spiro atoms. The Labute approximate surface area is 148 Å². The van der Waals surface area contributed by atoms with Crippen LogP contribution in [-0.2, 0) is 20.7 Å². The number of carbonyl (C=O) groups excluding carboxylic acids is 2. The molecule has 5 nitrogen and oxygen atoms in total. The van der Waals surface area contributed by atoms with E-state index in [1.807, 2.05) is 42.5 Å². The van der Waals surface area contributed by atoms with Crippen LogP contribution < -0.4 is 5.32 Å². The van der Waals surface area contributed by atoms with Gasteiger partial charge in [0, 0.05) is 6.92 Å². The summed E-state index contributed by atoms with van der Waals surface area (Å²) in [5.41, 5.74) is 0.488. The number of fused-ring (bicyclic) bond motifs is 1. The summed E-state index contributed by atoms with van der Waals surface area (Å²) in [5, 5.41) is 5.05. The standard InChI is InChI=1S/C20H25NO4/c1-14(22)24-13-17(21-19(23)25-20(2,3)4)12-16-10-7-9-15-8-5-6-11-18(15)16/h5-11,17H,12-13H2,1-4H3,(H,21,23)/t17-/m1/s1. The molecule has 0 aliphatic heterocycles. The molecular weight excluding hydrogens is 318 g/mol. The van der Waals surface area contributed by atoms with Crippen molar-refractivity contribution in [2.75, 3.05) is 6.61 Å². The lowest BCUT2D eigenvalue weighted by Crippen LogP contribution is -2.43. The summed E-state index contributed by atoms with van der Waals surface area (Å²) in [6.07, 6.45) is 0.0123. The third-order valence-corrected chi connectivity index (χ3v) is 3.55. The Bertz CT molecular complexity index is 743. The lowest BCUT2D eigenvalue weighted by molar-refractivity contribution is -0.141. The molecule has 1 N–H and O–H groups in total. The van der Waals surface area contributed by atoms with Crippen molar-refractivity contribution >= 4 is 22.8 Å². The number of nitrogens with one attached hydrogen (secondary N) is 1. The smallest absolute Gasteiger partial charge is 0.408 e. The van der Waals surface area contributed by atoms with Crippen LogP contribution in [0.3, 0.4) is 0 Å². The summed E-state index contributed by atoms with van der Waals surface area (Å²) in [6.45, 7) is 6.86. The Morgan fingerprint density at radius 3 is 2.44 bits per heavy atom. The second kappa shape index (κ2) is 8.01. The Morgan fingerprint density at radius 1 is 1.08 bits per heavy atom. The highest BCUT2D eigenvalue weighted by atomic mass is 16.6. The van der Waals surface area contributed by atoms with Crippen molar-refractivity contribution in [3.8, 4) is 0 Å². The summed E-state index contributed by atoms with van der Waals surface area (Å²) in [4.78, 5) is 23.3. The molecule has 0 radical (unpaired) electrons. The number of hydrogen-bond acceptors (Lipinski definition) is 4. The summed E-state index contributed by atoms with van der Waals surface area (Å²) in [6, 6.07) is 13.7. The number of ether oxygens (including phenoxy) is 2. The summed E-state index contributed by atoms with van der Waals surface area (Å²) < 4.78 is 10.4. The van der Waals surface area contributed by atoms with Crippen LogP contribution in [0.5, 0.6) is 0 Å². The minimum atomic E-state index is -0.588. The van der Waals surface area contributed by atoms with E-state index in [1.54, 1.807) is 20.8 Å². The van der Waals surface area contributed by atoms with E-state index < -0.39 is 11.7 Å². The number of benzene rings is 2. The fourth-order valence-corrected chi connectivity index (χ4v) is 2.58. The number of amides is 1. The molecule has 2 aromatic rings. The Hall–Kier alpha value is -2.56. The van der Waals surface area contributed by atoms with Gasteiger partial charge in [0.05, 0.1) is 6.04 Å². The first kappa shape index (κ1) is 18.8. The first-order valence-corrected chi connectivity index (χ1v) is 8.34. The Kier molecular flexibility index (Phi) is 6.02. The molecule has 134 valence electrons. The molecule has 0 bridgehead atoms. The van der Waals surface area contributed by atoms with Crippen LogP contribution in [-0.4, -0.2) is 30.3 Å². The van der Waals surface area contributed by atoms with Crippen molar-refractivity contribution in [1.82, 2.24) is 5.32 Å². The van der Waals surface area contributed by atoms with Crippen molar-refractivity contribution in [1.29, 1.82) is 0 Å². The van der Waals surface area contributed by atoms with Crippen LogP contribution in [0.4, 0.5) is 4.79 Å². The quantitative estimate of drug-likeness (QED) is 0.838. The molecule has 0 heterocycles. The van der Waals surface area contributed by atoms with Gasteiger partial charge in [-0.25, -0.2) is 4.79 Å². The van der Waals surface area contributed by atoms with Gasteiger partial charge in [0.1, 0.15) is 12.2 Å². The third-order valence-electron chi connectivity index (χ3n) is 3.55. The zero-order valence-electron chi connectivity index (χ0n) is 15.2. The molecule has 0 fully saturated rings. The van der Waals surface area contributed by atoms with Gasteiger partial charge < -0.3 is 14.8 Å². The lowest BCUT2D eigenvalue weighted by atomic mass is 9.99. The number of hydrogen-bond donors (Lipinski definition) is 1. The van der Waals surface area contributed by atoms with Crippen molar-refractivity contribution in [2.45, 2.75) is 45.8 Å². The molecule has 0 saturated carbocycles.